The minimum Gasteiger partial charge on any atom is -0.452 e. The molecule has 0 atom stereocenters. The normalized spacial score (nSPS) is 15.2. The second-order valence-corrected chi connectivity index (χ2v) is 9.80. The van der Waals surface area contributed by atoms with E-state index in [1.165, 1.54) is 15.9 Å². The molecule has 2 aromatic carbocycles. The maximum atomic E-state index is 13.4. The van der Waals surface area contributed by atoms with Gasteiger partial charge < -0.3 is 9.32 Å². The van der Waals surface area contributed by atoms with Crippen LogP contribution in [-0.4, -0.2) is 27.0 Å². The molecule has 6 rings (SSSR count). The van der Waals surface area contributed by atoms with Gasteiger partial charge in [0.05, 0.1) is 11.3 Å². The molecule has 0 spiro atoms. The molecule has 1 aliphatic rings. The van der Waals surface area contributed by atoms with E-state index < -0.39 is 0 Å². The number of nitrogens with zero attached hydrogens (tertiary/aromatic N) is 4. The van der Waals surface area contributed by atoms with Gasteiger partial charge in [0.25, 0.3) is 11.5 Å². The molecular weight excluding hydrogens is 504 g/mol. The summed E-state index contributed by atoms with van der Waals surface area (Å²) in [5.74, 6) is 0.734. The first-order valence-electron chi connectivity index (χ1n) is 10.5. The molecular formula is C24H17BrN4O3S. The maximum Gasteiger partial charge on any atom is 0.291 e. The van der Waals surface area contributed by atoms with Gasteiger partial charge in [-0.2, -0.15) is 9.50 Å². The lowest BCUT2D eigenvalue weighted by Gasteiger charge is -2.15. The summed E-state index contributed by atoms with van der Waals surface area (Å²) in [4.78, 5) is 33.4. The van der Waals surface area contributed by atoms with Crippen LogP contribution < -0.4 is 15.0 Å². The predicted octanol–water partition coefficient (Wildman–Crippen LogP) is 4.31. The summed E-state index contributed by atoms with van der Waals surface area (Å²) in [6.07, 6.45) is 0.814. The van der Waals surface area contributed by atoms with Crippen LogP contribution in [0, 0.1) is 6.92 Å². The highest BCUT2D eigenvalue weighted by atomic mass is 79.9. The molecule has 7 nitrogen and oxygen atoms in total. The molecule has 5 aromatic rings. The number of fused-ring (bicyclic) bond motifs is 3. The number of anilines is 1. The fraction of sp³-hybridized carbons (Fsp3) is 0.167. The van der Waals surface area contributed by atoms with Crippen molar-refractivity contribution in [3.05, 3.63) is 73.0 Å². The largest absolute Gasteiger partial charge is 0.452 e. The summed E-state index contributed by atoms with van der Waals surface area (Å²) in [5, 5.41) is 5.43. The lowest BCUT2D eigenvalue weighted by atomic mass is 10.1. The summed E-state index contributed by atoms with van der Waals surface area (Å²) in [6.45, 7) is 4.55. The molecule has 1 amide bonds. The zero-order valence-electron chi connectivity index (χ0n) is 17.8. The highest BCUT2D eigenvalue weighted by Gasteiger charge is 2.34. The number of halogens is 1. The van der Waals surface area contributed by atoms with E-state index in [2.05, 4.69) is 26.0 Å². The van der Waals surface area contributed by atoms with Gasteiger partial charge in [-0.3, -0.25) is 9.59 Å². The smallest absolute Gasteiger partial charge is 0.291 e. The Morgan fingerprint density at radius 2 is 1.97 bits per heavy atom. The number of carbonyl (C=O) groups is 1. The van der Waals surface area contributed by atoms with Crippen molar-refractivity contribution in [1.29, 1.82) is 0 Å². The van der Waals surface area contributed by atoms with Crippen molar-refractivity contribution in [2.24, 2.45) is 0 Å². The fourth-order valence-electron chi connectivity index (χ4n) is 4.34. The standard InChI is InChI=1S/C24H17BrN4O3S/c1-3-10-28-16-9-8-13(25)11-15(16)18(22(28)30)20-23(31)29-24(33-20)26-21(27-29)19-12(2)14-6-4-5-7-17(14)32-19/h4-9,11H,3,10H2,1-2H3/b20-18-. The second-order valence-electron chi connectivity index (χ2n) is 7.91. The molecule has 0 N–H and O–H groups in total. The van der Waals surface area contributed by atoms with Crippen molar-refractivity contribution < 1.29 is 9.21 Å². The van der Waals surface area contributed by atoms with Gasteiger partial charge >= 0.3 is 0 Å². The molecule has 0 radical (unpaired) electrons. The van der Waals surface area contributed by atoms with Crippen molar-refractivity contribution in [2.45, 2.75) is 20.3 Å². The van der Waals surface area contributed by atoms with E-state index in [0.717, 1.165) is 38.7 Å². The topological polar surface area (TPSA) is 80.7 Å². The summed E-state index contributed by atoms with van der Waals surface area (Å²) >= 11 is 4.67. The van der Waals surface area contributed by atoms with Crippen LogP contribution in [0.15, 0.2) is 56.1 Å². The zero-order valence-corrected chi connectivity index (χ0v) is 20.2. The van der Waals surface area contributed by atoms with Crippen molar-refractivity contribution in [3.63, 3.8) is 0 Å². The molecule has 0 aliphatic carbocycles. The van der Waals surface area contributed by atoms with E-state index in [0.29, 0.717) is 33.2 Å². The Bertz CT molecular complexity index is 1720. The van der Waals surface area contributed by atoms with E-state index in [1.54, 1.807) is 4.90 Å². The average molecular weight is 521 g/mol. The molecule has 33 heavy (non-hydrogen) atoms. The van der Waals surface area contributed by atoms with Crippen LogP contribution in [-0.2, 0) is 4.79 Å². The monoisotopic (exact) mass is 520 g/mol. The van der Waals surface area contributed by atoms with Gasteiger partial charge in [-0.15, -0.1) is 5.10 Å². The van der Waals surface area contributed by atoms with E-state index in [4.69, 9.17) is 4.42 Å². The predicted molar refractivity (Wildman–Crippen MR) is 132 cm³/mol. The number of furan rings is 1. The molecule has 0 bridgehead atoms. The molecule has 0 fully saturated rings. The van der Waals surface area contributed by atoms with Crippen LogP contribution in [0.1, 0.15) is 24.5 Å². The van der Waals surface area contributed by atoms with Crippen molar-refractivity contribution in [1.82, 2.24) is 14.6 Å². The minimum atomic E-state index is -0.352. The number of thiazole rings is 1. The third-order valence-corrected chi connectivity index (χ3v) is 7.38. The van der Waals surface area contributed by atoms with Crippen molar-refractivity contribution >= 4 is 60.4 Å². The first kappa shape index (κ1) is 20.3. The number of aryl methyl sites for hydroxylation is 1. The summed E-state index contributed by atoms with van der Waals surface area (Å²) in [7, 11) is 0. The van der Waals surface area contributed by atoms with E-state index in [1.807, 2.05) is 56.3 Å². The van der Waals surface area contributed by atoms with Crippen LogP contribution in [0.5, 0.6) is 0 Å². The SMILES string of the molecule is CCCN1C(=O)/C(=c2\sc3nc(-c4oc5ccccc5c4C)nn3c2=O)c2cc(Br)ccc21. The molecule has 3 aromatic heterocycles. The van der Waals surface area contributed by atoms with E-state index in [9.17, 15) is 9.59 Å². The van der Waals surface area contributed by atoms with Gasteiger partial charge in [-0.25, -0.2) is 0 Å². The lowest BCUT2D eigenvalue weighted by Crippen LogP contribution is -2.32. The summed E-state index contributed by atoms with van der Waals surface area (Å²) < 4.78 is 8.43. The molecule has 164 valence electrons. The third-order valence-electron chi connectivity index (χ3n) is 5.86. The maximum absolute atomic E-state index is 13.4. The lowest BCUT2D eigenvalue weighted by molar-refractivity contribution is -0.113. The van der Waals surface area contributed by atoms with Gasteiger partial charge in [-0.05, 0) is 37.6 Å². The molecule has 1 aliphatic heterocycles. The van der Waals surface area contributed by atoms with Gasteiger partial charge in [-0.1, -0.05) is 52.4 Å². The zero-order chi connectivity index (χ0) is 22.9. The van der Waals surface area contributed by atoms with Gasteiger partial charge in [0.1, 0.15) is 10.1 Å². The first-order valence-corrected chi connectivity index (χ1v) is 12.1. The van der Waals surface area contributed by atoms with Crippen molar-refractivity contribution in [3.8, 4) is 11.6 Å². The summed E-state index contributed by atoms with van der Waals surface area (Å²) in [6, 6.07) is 13.4. The molecule has 9 heteroatoms. The Labute approximate surface area is 200 Å². The number of carbonyl (C=O) groups excluding carboxylic acids is 1. The molecule has 0 saturated heterocycles. The van der Waals surface area contributed by atoms with E-state index in [-0.39, 0.29) is 11.5 Å². The minimum absolute atomic E-state index is 0.167. The number of amides is 1. The Morgan fingerprint density at radius 1 is 1.15 bits per heavy atom. The van der Waals surface area contributed by atoms with Crippen LogP contribution in [0.4, 0.5) is 5.69 Å². The average Bonchev–Trinajstić information content (AvgIpc) is 3.51. The molecule has 0 unspecified atom stereocenters. The number of hydrogen-bond donors (Lipinski definition) is 0. The van der Waals surface area contributed by atoms with Gasteiger partial charge in [0.15, 0.2) is 5.76 Å². The highest BCUT2D eigenvalue weighted by Crippen LogP contribution is 2.37. The van der Waals surface area contributed by atoms with Crippen LogP contribution in [0.2, 0.25) is 0 Å². The number of rotatable bonds is 3. The molecule has 0 saturated carbocycles. The number of para-hydroxylation sites is 1. The van der Waals surface area contributed by atoms with Crippen molar-refractivity contribution in [2.75, 3.05) is 11.4 Å². The van der Waals surface area contributed by atoms with Crippen LogP contribution >= 0.6 is 27.3 Å². The number of benzene rings is 2. The molecule has 4 heterocycles. The quantitative estimate of drug-likeness (QED) is 0.354. The Balaban J connectivity index is 1.56. The fourth-order valence-corrected chi connectivity index (χ4v) is 5.70. The highest BCUT2D eigenvalue weighted by molar-refractivity contribution is 9.10. The van der Waals surface area contributed by atoms with Gasteiger partial charge in [0, 0.05) is 27.5 Å². The third kappa shape index (κ3) is 2.92. The number of hydrogen-bond acceptors (Lipinski definition) is 6. The number of aromatic nitrogens is 3. The Hall–Kier alpha value is -3.30. The summed E-state index contributed by atoms with van der Waals surface area (Å²) in [5.41, 5.74) is 3.29. The Kier molecular flexibility index (Phi) is 4.53. The second kappa shape index (κ2) is 7.36. The van der Waals surface area contributed by atoms with Gasteiger partial charge in [0.2, 0.25) is 10.8 Å². The van der Waals surface area contributed by atoms with Crippen LogP contribution in [0.25, 0.3) is 33.1 Å². The first-order chi connectivity index (χ1) is 16.0. The van der Waals surface area contributed by atoms with Crippen LogP contribution in [0.3, 0.4) is 0 Å². The Morgan fingerprint density at radius 3 is 2.73 bits per heavy atom. The van der Waals surface area contributed by atoms with E-state index >= 15 is 0 Å².